The number of amides is 3. The molecule has 144 valence electrons. The van der Waals surface area contributed by atoms with E-state index in [9.17, 15) is 9.59 Å². The standard InChI is InChI=1S/C21H33N3O2/c1-5-6-12-23(4)20(25)18-10-7-9-17(14-18)19-11-8-13-24(15-19)21(26)22-16(2)3/h7,9-10,14,16,19H,5-6,8,11-13,15H2,1-4H3,(H,22,26). The van der Waals surface area contributed by atoms with Gasteiger partial charge in [0.2, 0.25) is 0 Å². The molecule has 0 aromatic heterocycles. The molecule has 1 unspecified atom stereocenters. The van der Waals surface area contributed by atoms with E-state index in [2.05, 4.69) is 18.3 Å². The maximum Gasteiger partial charge on any atom is 0.317 e. The summed E-state index contributed by atoms with van der Waals surface area (Å²) in [7, 11) is 1.86. The van der Waals surface area contributed by atoms with Crippen molar-refractivity contribution in [2.45, 2.75) is 58.4 Å². The highest BCUT2D eigenvalue weighted by Crippen LogP contribution is 2.27. The predicted octanol–water partition coefficient (Wildman–Crippen LogP) is 3.86. The second-order valence-electron chi connectivity index (χ2n) is 7.60. The topological polar surface area (TPSA) is 52.7 Å². The van der Waals surface area contributed by atoms with Crippen LogP contribution in [0.3, 0.4) is 0 Å². The van der Waals surface area contributed by atoms with Crippen molar-refractivity contribution in [2.75, 3.05) is 26.7 Å². The monoisotopic (exact) mass is 359 g/mol. The fourth-order valence-corrected chi connectivity index (χ4v) is 3.41. The average molecular weight is 360 g/mol. The fraction of sp³-hybridized carbons (Fsp3) is 0.619. The SMILES string of the molecule is CCCCN(C)C(=O)c1cccc(C2CCCN(C(=O)NC(C)C)C2)c1. The Morgan fingerprint density at radius 3 is 2.81 bits per heavy atom. The third-order valence-corrected chi connectivity index (χ3v) is 4.92. The number of hydrogen-bond acceptors (Lipinski definition) is 2. The van der Waals surface area contributed by atoms with Crippen LogP contribution in [0.25, 0.3) is 0 Å². The molecule has 0 spiro atoms. The van der Waals surface area contributed by atoms with Crippen LogP contribution in [0, 0.1) is 0 Å². The Morgan fingerprint density at radius 2 is 2.12 bits per heavy atom. The molecular formula is C21H33N3O2. The molecule has 0 radical (unpaired) electrons. The van der Waals surface area contributed by atoms with Crippen molar-refractivity contribution in [3.8, 4) is 0 Å². The van der Waals surface area contributed by atoms with Crippen molar-refractivity contribution in [3.63, 3.8) is 0 Å². The number of unbranched alkanes of at least 4 members (excludes halogenated alkanes) is 1. The van der Waals surface area contributed by atoms with Gasteiger partial charge in [-0.05, 0) is 50.8 Å². The van der Waals surface area contributed by atoms with Crippen molar-refractivity contribution in [1.82, 2.24) is 15.1 Å². The van der Waals surface area contributed by atoms with Crippen molar-refractivity contribution in [1.29, 1.82) is 0 Å². The Balaban J connectivity index is 2.06. The molecule has 1 heterocycles. The summed E-state index contributed by atoms with van der Waals surface area (Å²) in [6.07, 6.45) is 4.14. The summed E-state index contributed by atoms with van der Waals surface area (Å²) in [4.78, 5) is 28.6. The zero-order valence-electron chi connectivity index (χ0n) is 16.6. The van der Waals surface area contributed by atoms with Gasteiger partial charge in [0.25, 0.3) is 5.91 Å². The van der Waals surface area contributed by atoms with Crippen molar-refractivity contribution in [2.24, 2.45) is 0 Å². The molecule has 0 aliphatic carbocycles. The third kappa shape index (κ3) is 5.48. The van der Waals surface area contributed by atoms with Gasteiger partial charge in [-0.2, -0.15) is 0 Å². The van der Waals surface area contributed by atoms with Crippen LogP contribution in [-0.2, 0) is 0 Å². The summed E-state index contributed by atoms with van der Waals surface area (Å²) < 4.78 is 0. The number of carbonyl (C=O) groups is 2. The molecule has 0 saturated carbocycles. The lowest BCUT2D eigenvalue weighted by Crippen LogP contribution is -2.47. The van der Waals surface area contributed by atoms with Crippen LogP contribution in [0.15, 0.2) is 24.3 Å². The highest BCUT2D eigenvalue weighted by Gasteiger charge is 2.25. The largest absolute Gasteiger partial charge is 0.342 e. The fourth-order valence-electron chi connectivity index (χ4n) is 3.41. The van der Waals surface area contributed by atoms with Gasteiger partial charge in [-0.3, -0.25) is 4.79 Å². The van der Waals surface area contributed by atoms with E-state index >= 15 is 0 Å². The summed E-state index contributed by atoms with van der Waals surface area (Å²) >= 11 is 0. The van der Waals surface area contributed by atoms with Crippen molar-refractivity contribution in [3.05, 3.63) is 35.4 Å². The first-order chi connectivity index (χ1) is 12.4. The first-order valence-electron chi connectivity index (χ1n) is 9.83. The molecule has 1 fully saturated rings. The number of urea groups is 1. The highest BCUT2D eigenvalue weighted by molar-refractivity contribution is 5.94. The van der Waals surface area contributed by atoms with Gasteiger partial charge < -0.3 is 15.1 Å². The van der Waals surface area contributed by atoms with Crippen LogP contribution in [0.5, 0.6) is 0 Å². The lowest BCUT2D eigenvalue weighted by atomic mass is 9.89. The Morgan fingerprint density at radius 1 is 1.35 bits per heavy atom. The molecule has 1 aromatic rings. The van der Waals surface area contributed by atoms with E-state index < -0.39 is 0 Å². The Hall–Kier alpha value is -2.04. The second kappa shape index (κ2) is 9.60. The molecular weight excluding hydrogens is 326 g/mol. The zero-order valence-corrected chi connectivity index (χ0v) is 16.6. The molecule has 1 N–H and O–H groups in total. The molecule has 26 heavy (non-hydrogen) atoms. The summed E-state index contributed by atoms with van der Waals surface area (Å²) in [5.41, 5.74) is 1.90. The first kappa shape index (κ1) is 20.3. The minimum atomic E-state index is 0.0104. The molecule has 1 atom stereocenters. The van der Waals surface area contributed by atoms with Gasteiger partial charge in [0.05, 0.1) is 0 Å². The van der Waals surface area contributed by atoms with E-state index in [-0.39, 0.29) is 23.9 Å². The van der Waals surface area contributed by atoms with Crippen LogP contribution in [-0.4, -0.2) is 54.5 Å². The number of nitrogens with one attached hydrogen (secondary N) is 1. The van der Waals surface area contributed by atoms with Gasteiger partial charge >= 0.3 is 6.03 Å². The minimum Gasteiger partial charge on any atom is -0.342 e. The maximum absolute atomic E-state index is 12.6. The number of hydrogen-bond donors (Lipinski definition) is 1. The minimum absolute atomic E-state index is 0.0104. The second-order valence-corrected chi connectivity index (χ2v) is 7.60. The van der Waals surface area contributed by atoms with Crippen LogP contribution in [0.4, 0.5) is 4.79 Å². The molecule has 1 aliphatic heterocycles. The van der Waals surface area contributed by atoms with Gasteiger partial charge in [0.15, 0.2) is 0 Å². The van der Waals surface area contributed by atoms with Crippen LogP contribution in [0.2, 0.25) is 0 Å². The lowest BCUT2D eigenvalue weighted by Gasteiger charge is -2.33. The molecule has 1 saturated heterocycles. The van der Waals surface area contributed by atoms with E-state index in [4.69, 9.17) is 0 Å². The smallest absolute Gasteiger partial charge is 0.317 e. The van der Waals surface area contributed by atoms with E-state index in [1.54, 1.807) is 4.90 Å². The molecule has 0 bridgehead atoms. The summed E-state index contributed by atoms with van der Waals surface area (Å²) in [6, 6.07) is 8.10. The molecule has 1 aromatic carbocycles. The Labute approximate surface area is 157 Å². The van der Waals surface area contributed by atoms with E-state index in [1.807, 2.05) is 44.0 Å². The summed E-state index contributed by atoms with van der Waals surface area (Å²) in [6.45, 7) is 8.37. The number of rotatable bonds is 6. The van der Waals surface area contributed by atoms with Crippen molar-refractivity contribution >= 4 is 11.9 Å². The quantitative estimate of drug-likeness (QED) is 0.838. The van der Waals surface area contributed by atoms with Gasteiger partial charge in [-0.15, -0.1) is 0 Å². The molecule has 5 heteroatoms. The van der Waals surface area contributed by atoms with Crippen LogP contribution in [0.1, 0.15) is 68.3 Å². The number of piperidine rings is 1. The zero-order chi connectivity index (χ0) is 19.1. The van der Waals surface area contributed by atoms with E-state index in [0.29, 0.717) is 6.54 Å². The average Bonchev–Trinajstić information content (AvgIpc) is 2.65. The summed E-state index contributed by atoms with van der Waals surface area (Å²) in [5, 5.41) is 2.97. The normalized spacial score (nSPS) is 17.3. The molecule has 5 nitrogen and oxygen atoms in total. The highest BCUT2D eigenvalue weighted by atomic mass is 16.2. The van der Waals surface area contributed by atoms with Gasteiger partial charge in [-0.25, -0.2) is 4.79 Å². The first-order valence-corrected chi connectivity index (χ1v) is 9.83. The Kier molecular flexibility index (Phi) is 7.49. The maximum atomic E-state index is 12.6. The van der Waals surface area contributed by atoms with Gasteiger partial charge in [-0.1, -0.05) is 25.5 Å². The van der Waals surface area contributed by atoms with E-state index in [0.717, 1.165) is 49.9 Å². The number of benzene rings is 1. The third-order valence-electron chi connectivity index (χ3n) is 4.92. The number of nitrogens with zero attached hydrogens (tertiary/aromatic N) is 2. The number of likely N-dealkylation sites (tertiary alicyclic amines) is 1. The van der Waals surface area contributed by atoms with Crippen LogP contribution < -0.4 is 5.32 Å². The van der Waals surface area contributed by atoms with Gasteiger partial charge in [0, 0.05) is 44.2 Å². The molecule has 3 amide bonds. The van der Waals surface area contributed by atoms with Gasteiger partial charge in [0.1, 0.15) is 0 Å². The molecule has 2 rings (SSSR count). The lowest BCUT2D eigenvalue weighted by molar-refractivity contribution is 0.0793. The summed E-state index contributed by atoms with van der Waals surface area (Å²) in [5.74, 6) is 0.362. The predicted molar refractivity (Wildman–Crippen MR) is 106 cm³/mol. The number of carbonyl (C=O) groups excluding carboxylic acids is 2. The molecule has 1 aliphatic rings. The van der Waals surface area contributed by atoms with Crippen molar-refractivity contribution < 1.29 is 9.59 Å². The Bertz CT molecular complexity index is 615. The van der Waals surface area contributed by atoms with E-state index in [1.165, 1.54) is 0 Å². The van der Waals surface area contributed by atoms with Crippen LogP contribution >= 0.6 is 0 Å².